The quantitative estimate of drug-likeness (QED) is 0.710. The Hall–Kier alpha value is -0.220. The van der Waals surface area contributed by atoms with Crippen LogP contribution in [-0.2, 0) is 9.53 Å². The highest BCUT2D eigenvalue weighted by atomic mass is 32.2. The lowest BCUT2D eigenvalue weighted by atomic mass is 10.2. The zero-order valence-electron chi connectivity index (χ0n) is 9.13. The molecule has 1 rings (SSSR count). The summed E-state index contributed by atoms with van der Waals surface area (Å²) < 4.78 is 5.25. The highest BCUT2D eigenvalue weighted by molar-refractivity contribution is 7.99. The predicted molar refractivity (Wildman–Crippen MR) is 59.6 cm³/mol. The Morgan fingerprint density at radius 1 is 1.57 bits per heavy atom. The first kappa shape index (κ1) is 11.9. The van der Waals surface area contributed by atoms with Gasteiger partial charge in [-0.25, -0.2) is 0 Å². The topological polar surface area (TPSA) is 38.3 Å². The molecule has 0 spiro atoms. The molecule has 1 aliphatic rings. The van der Waals surface area contributed by atoms with E-state index < -0.39 is 0 Å². The third kappa shape index (κ3) is 4.86. The van der Waals surface area contributed by atoms with Crippen molar-refractivity contribution in [1.29, 1.82) is 0 Å². The maximum Gasteiger partial charge on any atom is 0.307 e. The molecule has 1 atom stereocenters. The number of esters is 1. The van der Waals surface area contributed by atoms with Crippen LogP contribution < -0.4 is 5.32 Å². The van der Waals surface area contributed by atoms with Crippen LogP contribution in [0.15, 0.2) is 0 Å². The molecular weight excluding hydrogens is 198 g/mol. The van der Waals surface area contributed by atoms with Gasteiger partial charge in [-0.05, 0) is 20.8 Å². The Bertz CT molecular complexity index is 195. The first-order valence-electron chi connectivity index (χ1n) is 5.00. The number of thioether (sulfide) groups is 1. The standard InChI is InChI=1S/C10H19NO2S/c1-10(2,3)13-9(12)6-8-7-14-5-4-11-8/h8,11H,4-7H2,1-3H3. The molecule has 4 heteroatoms. The van der Waals surface area contributed by atoms with E-state index in [0.717, 1.165) is 18.1 Å². The molecule has 1 heterocycles. The van der Waals surface area contributed by atoms with E-state index in [2.05, 4.69) is 5.32 Å². The third-order valence-electron chi connectivity index (χ3n) is 1.83. The molecule has 0 amide bonds. The van der Waals surface area contributed by atoms with Crippen LogP contribution in [0.3, 0.4) is 0 Å². The predicted octanol–water partition coefficient (Wildman–Crippen LogP) is 1.42. The highest BCUT2D eigenvalue weighted by Gasteiger charge is 2.21. The monoisotopic (exact) mass is 217 g/mol. The second kappa shape index (κ2) is 5.03. The van der Waals surface area contributed by atoms with Crippen molar-refractivity contribution in [3.05, 3.63) is 0 Å². The summed E-state index contributed by atoms with van der Waals surface area (Å²) in [6.45, 7) is 6.69. The summed E-state index contributed by atoms with van der Waals surface area (Å²) in [5, 5.41) is 3.31. The molecule has 82 valence electrons. The minimum Gasteiger partial charge on any atom is -0.460 e. The molecule has 3 nitrogen and oxygen atoms in total. The molecule has 0 saturated carbocycles. The molecule has 0 aromatic carbocycles. The van der Waals surface area contributed by atoms with Gasteiger partial charge in [0.05, 0.1) is 6.42 Å². The highest BCUT2D eigenvalue weighted by Crippen LogP contribution is 2.13. The van der Waals surface area contributed by atoms with Gasteiger partial charge in [-0.2, -0.15) is 11.8 Å². The molecule has 1 N–H and O–H groups in total. The Morgan fingerprint density at radius 3 is 2.79 bits per heavy atom. The maximum atomic E-state index is 11.5. The maximum absolute atomic E-state index is 11.5. The lowest BCUT2D eigenvalue weighted by molar-refractivity contribution is -0.155. The van der Waals surface area contributed by atoms with Crippen LogP contribution in [0.1, 0.15) is 27.2 Å². The molecule has 1 saturated heterocycles. The summed E-state index contributed by atoms with van der Waals surface area (Å²) in [6.07, 6.45) is 0.490. The summed E-state index contributed by atoms with van der Waals surface area (Å²) in [5.74, 6) is 2.06. The molecule has 1 aliphatic heterocycles. The van der Waals surface area contributed by atoms with E-state index in [1.165, 1.54) is 0 Å². The average molecular weight is 217 g/mol. The van der Waals surface area contributed by atoms with Crippen molar-refractivity contribution in [2.45, 2.75) is 38.8 Å². The van der Waals surface area contributed by atoms with E-state index in [0.29, 0.717) is 12.5 Å². The fraction of sp³-hybridized carbons (Fsp3) is 0.900. The van der Waals surface area contributed by atoms with Gasteiger partial charge in [-0.1, -0.05) is 0 Å². The van der Waals surface area contributed by atoms with Crippen LogP contribution in [0.25, 0.3) is 0 Å². The molecule has 14 heavy (non-hydrogen) atoms. The van der Waals surface area contributed by atoms with Gasteiger partial charge in [0.1, 0.15) is 5.60 Å². The van der Waals surface area contributed by atoms with Crippen LogP contribution in [-0.4, -0.2) is 35.7 Å². The van der Waals surface area contributed by atoms with E-state index in [4.69, 9.17) is 4.74 Å². The van der Waals surface area contributed by atoms with Gasteiger partial charge in [0.15, 0.2) is 0 Å². The average Bonchev–Trinajstić information content (AvgIpc) is 2.02. The fourth-order valence-corrected chi connectivity index (χ4v) is 2.28. The van der Waals surface area contributed by atoms with Gasteiger partial charge >= 0.3 is 5.97 Å². The van der Waals surface area contributed by atoms with Crippen LogP contribution in [0.2, 0.25) is 0 Å². The van der Waals surface area contributed by atoms with E-state index in [9.17, 15) is 4.79 Å². The second-order valence-corrected chi connectivity index (χ2v) is 5.67. The van der Waals surface area contributed by atoms with Gasteiger partial charge in [0.25, 0.3) is 0 Å². The Morgan fingerprint density at radius 2 is 2.29 bits per heavy atom. The van der Waals surface area contributed by atoms with Crippen molar-refractivity contribution in [3.8, 4) is 0 Å². The normalized spacial score (nSPS) is 23.2. The molecule has 1 unspecified atom stereocenters. The van der Waals surface area contributed by atoms with Crippen molar-refractivity contribution in [2.24, 2.45) is 0 Å². The van der Waals surface area contributed by atoms with Gasteiger partial charge < -0.3 is 10.1 Å². The summed E-state index contributed by atoms with van der Waals surface area (Å²) >= 11 is 1.89. The van der Waals surface area contributed by atoms with Crippen molar-refractivity contribution >= 4 is 17.7 Å². The summed E-state index contributed by atoms with van der Waals surface area (Å²) in [7, 11) is 0. The van der Waals surface area contributed by atoms with E-state index in [1.54, 1.807) is 0 Å². The number of hydrogen-bond donors (Lipinski definition) is 1. The van der Waals surface area contributed by atoms with Crippen LogP contribution in [0.4, 0.5) is 0 Å². The molecule has 0 radical (unpaired) electrons. The van der Waals surface area contributed by atoms with Crippen LogP contribution in [0.5, 0.6) is 0 Å². The van der Waals surface area contributed by atoms with Crippen LogP contribution in [0, 0.1) is 0 Å². The zero-order valence-corrected chi connectivity index (χ0v) is 9.95. The lowest BCUT2D eigenvalue weighted by Crippen LogP contribution is -2.40. The van der Waals surface area contributed by atoms with Crippen LogP contribution >= 0.6 is 11.8 Å². The fourth-order valence-electron chi connectivity index (χ4n) is 1.34. The number of nitrogens with one attached hydrogen (secondary N) is 1. The lowest BCUT2D eigenvalue weighted by Gasteiger charge is -2.25. The number of carbonyl (C=O) groups is 1. The largest absolute Gasteiger partial charge is 0.460 e. The molecule has 0 aromatic rings. The minimum absolute atomic E-state index is 0.0995. The summed E-state index contributed by atoms with van der Waals surface area (Å²) in [6, 6.07) is 0.295. The molecule has 0 bridgehead atoms. The molecule has 0 aliphatic carbocycles. The van der Waals surface area contributed by atoms with Gasteiger partial charge in [-0.3, -0.25) is 4.79 Å². The van der Waals surface area contributed by atoms with Crippen molar-refractivity contribution in [1.82, 2.24) is 5.32 Å². The van der Waals surface area contributed by atoms with Crippen molar-refractivity contribution < 1.29 is 9.53 Å². The third-order valence-corrected chi connectivity index (χ3v) is 2.96. The first-order valence-corrected chi connectivity index (χ1v) is 6.16. The number of ether oxygens (including phenoxy) is 1. The zero-order chi connectivity index (χ0) is 10.6. The first-order chi connectivity index (χ1) is 6.47. The van der Waals surface area contributed by atoms with E-state index in [1.807, 2.05) is 32.5 Å². The SMILES string of the molecule is CC(C)(C)OC(=O)CC1CSCCN1. The molecular formula is C10H19NO2S. The molecule has 1 fully saturated rings. The Balaban J connectivity index is 2.25. The van der Waals surface area contributed by atoms with Gasteiger partial charge in [0.2, 0.25) is 0 Å². The summed E-state index contributed by atoms with van der Waals surface area (Å²) in [5.41, 5.74) is -0.362. The number of rotatable bonds is 2. The number of hydrogen-bond acceptors (Lipinski definition) is 4. The van der Waals surface area contributed by atoms with E-state index in [-0.39, 0.29) is 11.6 Å². The Kier molecular flexibility index (Phi) is 4.26. The molecule has 0 aromatic heterocycles. The van der Waals surface area contributed by atoms with Crippen molar-refractivity contribution in [3.63, 3.8) is 0 Å². The van der Waals surface area contributed by atoms with Gasteiger partial charge in [-0.15, -0.1) is 0 Å². The smallest absolute Gasteiger partial charge is 0.307 e. The second-order valence-electron chi connectivity index (χ2n) is 4.52. The number of carbonyl (C=O) groups excluding carboxylic acids is 1. The van der Waals surface area contributed by atoms with Gasteiger partial charge in [0, 0.05) is 24.1 Å². The minimum atomic E-state index is -0.362. The van der Waals surface area contributed by atoms with Crippen molar-refractivity contribution in [2.75, 3.05) is 18.1 Å². The summed E-state index contributed by atoms with van der Waals surface area (Å²) in [4.78, 5) is 11.5. The van der Waals surface area contributed by atoms with E-state index >= 15 is 0 Å². The Labute approximate surface area is 90.0 Å².